The van der Waals surface area contributed by atoms with Gasteiger partial charge in [-0.2, -0.15) is 0 Å². The average Bonchev–Trinajstić information content (AvgIpc) is 2.70. The number of fused-ring (bicyclic) bond motifs is 1. The van der Waals surface area contributed by atoms with Gasteiger partial charge in [-0.05, 0) is 36.4 Å². The Labute approximate surface area is 119 Å². The lowest BCUT2D eigenvalue weighted by molar-refractivity contribution is -0.142. The van der Waals surface area contributed by atoms with Crippen molar-refractivity contribution in [2.24, 2.45) is 0 Å². The van der Waals surface area contributed by atoms with Gasteiger partial charge in [-0.15, -0.1) is 11.3 Å². The minimum atomic E-state index is -0.245. The molecule has 2 aromatic rings. The smallest absolute Gasteiger partial charge is 0.310 e. The molecule has 0 fully saturated rings. The predicted molar refractivity (Wildman–Crippen MR) is 76.9 cm³/mol. The van der Waals surface area contributed by atoms with E-state index in [1.54, 1.807) is 6.92 Å². The van der Waals surface area contributed by atoms with Crippen molar-refractivity contribution in [2.45, 2.75) is 20.3 Å². The van der Waals surface area contributed by atoms with E-state index in [-0.39, 0.29) is 12.4 Å². The fourth-order valence-electron chi connectivity index (χ4n) is 1.82. The number of benzene rings is 1. The van der Waals surface area contributed by atoms with Crippen molar-refractivity contribution in [1.29, 1.82) is 0 Å². The van der Waals surface area contributed by atoms with Crippen LogP contribution in [0.15, 0.2) is 11.4 Å². The maximum absolute atomic E-state index is 11.5. The Hall–Kier alpha value is -0.770. The Morgan fingerprint density at radius 2 is 2.17 bits per heavy atom. The minimum Gasteiger partial charge on any atom is -0.466 e. The molecule has 0 atom stereocenters. The summed E-state index contributed by atoms with van der Waals surface area (Å²) in [5.41, 5.74) is 1.82. The first-order valence-corrected chi connectivity index (χ1v) is 7.18. The Balaban J connectivity index is 2.48. The molecule has 0 spiro atoms. The molecule has 18 heavy (non-hydrogen) atoms. The van der Waals surface area contributed by atoms with E-state index in [1.165, 1.54) is 11.3 Å². The zero-order valence-corrected chi connectivity index (χ0v) is 12.4. The van der Waals surface area contributed by atoms with Gasteiger partial charge in [-0.3, -0.25) is 4.79 Å². The van der Waals surface area contributed by atoms with Crippen molar-refractivity contribution in [2.75, 3.05) is 6.61 Å². The highest BCUT2D eigenvalue weighted by Crippen LogP contribution is 2.39. The molecule has 0 saturated carbocycles. The maximum atomic E-state index is 11.5. The summed E-state index contributed by atoms with van der Waals surface area (Å²) in [7, 11) is 0. The number of carbonyl (C=O) groups is 1. The Morgan fingerprint density at radius 3 is 2.83 bits per heavy atom. The van der Waals surface area contributed by atoms with Crippen LogP contribution in [-0.2, 0) is 16.0 Å². The highest BCUT2D eigenvalue weighted by atomic mass is 35.5. The first-order chi connectivity index (χ1) is 8.54. The van der Waals surface area contributed by atoms with E-state index in [9.17, 15) is 4.79 Å². The van der Waals surface area contributed by atoms with Gasteiger partial charge in [0.1, 0.15) is 0 Å². The second kappa shape index (κ2) is 5.47. The predicted octanol–water partition coefficient (Wildman–Crippen LogP) is 4.62. The number of thiophene rings is 1. The van der Waals surface area contributed by atoms with Gasteiger partial charge in [0.2, 0.25) is 0 Å². The molecule has 0 bridgehead atoms. The minimum absolute atomic E-state index is 0.229. The molecule has 0 radical (unpaired) electrons. The fraction of sp³-hybridized carbons (Fsp3) is 0.308. The van der Waals surface area contributed by atoms with Crippen LogP contribution in [0.25, 0.3) is 10.1 Å². The van der Waals surface area contributed by atoms with Crippen LogP contribution in [0.3, 0.4) is 0 Å². The Morgan fingerprint density at radius 1 is 1.44 bits per heavy atom. The molecule has 0 N–H and O–H groups in total. The van der Waals surface area contributed by atoms with Gasteiger partial charge >= 0.3 is 5.97 Å². The summed E-state index contributed by atoms with van der Waals surface area (Å²) < 4.78 is 5.88. The van der Waals surface area contributed by atoms with Gasteiger partial charge in [0.25, 0.3) is 0 Å². The summed E-state index contributed by atoms with van der Waals surface area (Å²) in [6, 6.07) is 1.83. The van der Waals surface area contributed by atoms with E-state index in [0.717, 1.165) is 21.2 Å². The van der Waals surface area contributed by atoms with E-state index >= 15 is 0 Å². The summed E-state index contributed by atoms with van der Waals surface area (Å²) in [5, 5.41) is 4.12. The zero-order valence-electron chi connectivity index (χ0n) is 10.0. The number of esters is 1. The summed E-state index contributed by atoms with van der Waals surface area (Å²) in [6.45, 7) is 4.09. The van der Waals surface area contributed by atoms with E-state index in [2.05, 4.69) is 0 Å². The quantitative estimate of drug-likeness (QED) is 0.773. The molecule has 0 unspecified atom stereocenters. The summed E-state index contributed by atoms with van der Waals surface area (Å²) in [4.78, 5) is 11.5. The van der Waals surface area contributed by atoms with Gasteiger partial charge in [0.15, 0.2) is 0 Å². The van der Waals surface area contributed by atoms with Crippen LogP contribution in [0.4, 0.5) is 0 Å². The maximum Gasteiger partial charge on any atom is 0.310 e. The third-order valence-corrected chi connectivity index (χ3v) is 4.58. The first kappa shape index (κ1) is 13.7. The molecule has 0 saturated heterocycles. The molecule has 1 aromatic heterocycles. The van der Waals surface area contributed by atoms with Crippen molar-refractivity contribution >= 4 is 50.6 Å². The van der Waals surface area contributed by atoms with Gasteiger partial charge in [-0.1, -0.05) is 23.2 Å². The highest BCUT2D eigenvalue weighted by Gasteiger charge is 2.15. The third kappa shape index (κ3) is 2.48. The van der Waals surface area contributed by atoms with Crippen LogP contribution >= 0.6 is 34.5 Å². The van der Waals surface area contributed by atoms with Crippen LogP contribution in [-0.4, -0.2) is 12.6 Å². The van der Waals surface area contributed by atoms with Crippen LogP contribution < -0.4 is 0 Å². The molecule has 0 aliphatic rings. The lowest BCUT2D eigenvalue weighted by atomic mass is 10.1. The van der Waals surface area contributed by atoms with Gasteiger partial charge in [-0.25, -0.2) is 0 Å². The number of rotatable bonds is 3. The monoisotopic (exact) mass is 302 g/mol. The largest absolute Gasteiger partial charge is 0.466 e. The van der Waals surface area contributed by atoms with Crippen molar-refractivity contribution in [3.05, 3.63) is 32.6 Å². The number of carbonyl (C=O) groups excluding carboxylic acids is 1. The van der Waals surface area contributed by atoms with Crippen LogP contribution in [0, 0.1) is 6.92 Å². The lowest BCUT2D eigenvalue weighted by Crippen LogP contribution is -2.07. The SMILES string of the molecule is CCOC(=O)Cc1csc2c(Cl)c(C)cc(Cl)c12. The lowest BCUT2D eigenvalue weighted by Gasteiger charge is -2.05. The fourth-order valence-corrected chi connectivity index (χ4v) is 3.62. The van der Waals surface area contributed by atoms with E-state index in [0.29, 0.717) is 16.7 Å². The Bertz CT molecular complexity index is 605. The van der Waals surface area contributed by atoms with Crippen molar-refractivity contribution in [1.82, 2.24) is 0 Å². The molecule has 5 heteroatoms. The molecule has 0 amide bonds. The molecule has 96 valence electrons. The molecular formula is C13H12Cl2O2S. The Kier molecular flexibility index (Phi) is 4.15. The summed E-state index contributed by atoms with van der Waals surface area (Å²) in [5.74, 6) is -0.245. The molecular weight excluding hydrogens is 291 g/mol. The molecule has 2 rings (SSSR count). The normalized spacial score (nSPS) is 10.9. The third-order valence-electron chi connectivity index (χ3n) is 2.63. The first-order valence-electron chi connectivity index (χ1n) is 5.54. The van der Waals surface area contributed by atoms with E-state index < -0.39 is 0 Å². The molecule has 1 aromatic carbocycles. The average molecular weight is 303 g/mol. The second-order valence-corrected chi connectivity index (χ2v) is 5.60. The number of aryl methyl sites for hydroxylation is 1. The number of halogens is 2. The number of hydrogen-bond donors (Lipinski definition) is 0. The van der Waals surface area contributed by atoms with E-state index in [1.807, 2.05) is 18.4 Å². The number of hydrogen-bond acceptors (Lipinski definition) is 3. The highest BCUT2D eigenvalue weighted by molar-refractivity contribution is 7.18. The zero-order chi connectivity index (χ0) is 13.3. The van der Waals surface area contributed by atoms with Crippen molar-refractivity contribution in [3.63, 3.8) is 0 Å². The summed E-state index contributed by atoms with van der Waals surface area (Å²) in [6.07, 6.45) is 0.229. The van der Waals surface area contributed by atoms with Crippen LogP contribution in [0.2, 0.25) is 10.0 Å². The summed E-state index contributed by atoms with van der Waals surface area (Å²) >= 11 is 14.0. The van der Waals surface area contributed by atoms with Gasteiger partial charge in [0.05, 0.1) is 22.8 Å². The van der Waals surface area contributed by atoms with Crippen LogP contribution in [0.5, 0.6) is 0 Å². The van der Waals surface area contributed by atoms with Gasteiger partial charge < -0.3 is 4.74 Å². The van der Waals surface area contributed by atoms with Crippen LogP contribution in [0.1, 0.15) is 18.1 Å². The van der Waals surface area contributed by atoms with Crippen molar-refractivity contribution in [3.8, 4) is 0 Å². The molecule has 0 aliphatic carbocycles. The topological polar surface area (TPSA) is 26.3 Å². The van der Waals surface area contributed by atoms with Crippen molar-refractivity contribution < 1.29 is 9.53 Å². The standard InChI is InChI=1S/C13H12Cl2O2S/c1-3-17-10(16)5-8-6-18-13-11(8)9(14)4-7(2)12(13)15/h4,6H,3,5H2,1-2H3. The second-order valence-electron chi connectivity index (χ2n) is 3.94. The molecule has 2 nitrogen and oxygen atoms in total. The molecule has 1 heterocycles. The van der Waals surface area contributed by atoms with E-state index in [4.69, 9.17) is 27.9 Å². The molecule has 0 aliphatic heterocycles. The number of ether oxygens (including phenoxy) is 1. The van der Waals surface area contributed by atoms with Gasteiger partial charge in [0, 0.05) is 10.4 Å².